The first-order chi connectivity index (χ1) is 10.0. The van der Waals surface area contributed by atoms with Gasteiger partial charge in [0.25, 0.3) is 5.91 Å². The Labute approximate surface area is 123 Å². The number of aryl methyl sites for hydroxylation is 1. The molecule has 0 aliphatic rings. The van der Waals surface area contributed by atoms with Crippen LogP contribution in [0, 0.1) is 12.7 Å². The third-order valence-electron chi connectivity index (χ3n) is 3.08. The molecule has 0 saturated carbocycles. The zero-order valence-electron chi connectivity index (χ0n) is 12.1. The van der Waals surface area contributed by atoms with Gasteiger partial charge in [0.15, 0.2) is 6.10 Å². The van der Waals surface area contributed by atoms with E-state index in [1.807, 2.05) is 31.2 Å². The predicted octanol–water partition coefficient (Wildman–Crippen LogP) is 3.22. The van der Waals surface area contributed by atoms with Gasteiger partial charge in [-0.25, -0.2) is 4.39 Å². The minimum atomic E-state index is -0.590. The van der Waals surface area contributed by atoms with Gasteiger partial charge >= 0.3 is 0 Å². The molecule has 2 aromatic rings. The van der Waals surface area contributed by atoms with Gasteiger partial charge in [-0.05, 0) is 43.7 Å². The fraction of sp³-hybridized carbons (Fsp3) is 0.235. The molecule has 1 unspecified atom stereocenters. The normalized spacial score (nSPS) is 11.8. The first-order valence-electron chi connectivity index (χ1n) is 6.80. The van der Waals surface area contributed by atoms with Crippen molar-refractivity contribution in [2.24, 2.45) is 0 Å². The number of nitrogens with one attached hydrogen (secondary N) is 1. The Balaban J connectivity index is 1.84. The van der Waals surface area contributed by atoms with Gasteiger partial charge in [-0.2, -0.15) is 0 Å². The van der Waals surface area contributed by atoms with Gasteiger partial charge in [0.1, 0.15) is 11.6 Å². The molecule has 2 rings (SSSR count). The molecule has 1 atom stereocenters. The van der Waals surface area contributed by atoms with Crippen molar-refractivity contribution >= 4 is 5.91 Å². The van der Waals surface area contributed by atoms with E-state index >= 15 is 0 Å². The summed E-state index contributed by atoms with van der Waals surface area (Å²) in [6, 6.07) is 13.5. The molecule has 0 aliphatic heterocycles. The molecule has 21 heavy (non-hydrogen) atoms. The Hall–Kier alpha value is -2.36. The number of benzene rings is 2. The Morgan fingerprint density at radius 3 is 2.38 bits per heavy atom. The molecule has 0 radical (unpaired) electrons. The van der Waals surface area contributed by atoms with Crippen LogP contribution in [0.3, 0.4) is 0 Å². The summed E-state index contributed by atoms with van der Waals surface area (Å²) < 4.78 is 18.3. The molecule has 0 heterocycles. The lowest BCUT2D eigenvalue weighted by Crippen LogP contribution is -2.35. The van der Waals surface area contributed by atoms with Crippen LogP contribution >= 0.6 is 0 Å². The minimum Gasteiger partial charge on any atom is -0.481 e. The van der Waals surface area contributed by atoms with Crippen molar-refractivity contribution in [3.8, 4) is 5.75 Å². The van der Waals surface area contributed by atoms with Crippen LogP contribution in [0.4, 0.5) is 4.39 Å². The molecule has 1 amide bonds. The molecule has 0 saturated heterocycles. The maximum absolute atomic E-state index is 12.8. The van der Waals surface area contributed by atoms with Crippen molar-refractivity contribution in [2.75, 3.05) is 0 Å². The van der Waals surface area contributed by atoms with Crippen LogP contribution in [-0.4, -0.2) is 12.0 Å². The smallest absolute Gasteiger partial charge is 0.261 e. The molecule has 0 aliphatic carbocycles. The van der Waals surface area contributed by atoms with Crippen LogP contribution in [0.1, 0.15) is 18.1 Å². The lowest BCUT2D eigenvalue weighted by atomic mass is 10.2. The molecule has 1 N–H and O–H groups in total. The van der Waals surface area contributed by atoms with E-state index in [2.05, 4.69) is 5.32 Å². The topological polar surface area (TPSA) is 38.3 Å². The Bertz CT molecular complexity index is 593. The Morgan fingerprint density at radius 2 is 1.76 bits per heavy atom. The minimum absolute atomic E-state index is 0.208. The van der Waals surface area contributed by atoms with Crippen LogP contribution in [0.2, 0.25) is 0 Å². The Morgan fingerprint density at radius 1 is 1.14 bits per heavy atom. The number of carbonyl (C=O) groups excluding carboxylic acids is 1. The summed E-state index contributed by atoms with van der Waals surface area (Å²) in [4.78, 5) is 11.9. The van der Waals surface area contributed by atoms with E-state index in [1.54, 1.807) is 19.1 Å². The molecule has 0 aromatic heterocycles. The maximum atomic E-state index is 12.8. The van der Waals surface area contributed by atoms with Crippen LogP contribution < -0.4 is 10.1 Å². The lowest BCUT2D eigenvalue weighted by molar-refractivity contribution is -0.127. The van der Waals surface area contributed by atoms with Crippen molar-refractivity contribution in [2.45, 2.75) is 26.5 Å². The Kier molecular flexibility index (Phi) is 4.93. The lowest BCUT2D eigenvalue weighted by Gasteiger charge is -2.15. The number of rotatable bonds is 5. The molecule has 0 fully saturated rings. The molecule has 3 nitrogen and oxygen atoms in total. The van der Waals surface area contributed by atoms with Gasteiger partial charge in [-0.1, -0.05) is 29.8 Å². The van der Waals surface area contributed by atoms with E-state index in [0.717, 1.165) is 11.1 Å². The number of halogens is 1. The summed E-state index contributed by atoms with van der Waals surface area (Å²) in [6.45, 7) is 4.03. The molecular weight excluding hydrogens is 269 g/mol. The van der Waals surface area contributed by atoms with Crippen molar-refractivity contribution in [3.05, 3.63) is 65.5 Å². The second-order valence-corrected chi connectivity index (χ2v) is 4.92. The highest BCUT2D eigenvalue weighted by atomic mass is 19.1. The average molecular weight is 287 g/mol. The molecule has 0 spiro atoms. The number of ether oxygens (including phenoxy) is 1. The summed E-state index contributed by atoms with van der Waals surface area (Å²) in [6.07, 6.45) is -0.590. The van der Waals surface area contributed by atoms with E-state index in [4.69, 9.17) is 4.74 Å². The number of hydrogen-bond donors (Lipinski definition) is 1. The quantitative estimate of drug-likeness (QED) is 0.917. The van der Waals surface area contributed by atoms with E-state index in [1.165, 1.54) is 12.1 Å². The van der Waals surface area contributed by atoms with Crippen molar-refractivity contribution < 1.29 is 13.9 Å². The molecule has 2 aromatic carbocycles. The highest BCUT2D eigenvalue weighted by Gasteiger charge is 2.14. The van der Waals surface area contributed by atoms with Crippen LogP contribution in [-0.2, 0) is 11.3 Å². The van der Waals surface area contributed by atoms with Gasteiger partial charge < -0.3 is 10.1 Å². The average Bonchev–Trinajstić information content (AvgIpc) is 2.48. The predicted molar refractivity (Wildman–Crippen MR) is 79.5 cm³/mol. The first kappa shape index (κ1) is 15.0. The zero-order valence-corrected chi connectivity index (χ0v) is 12.1. The maximum Gasteiger partial charge on any atom is 0.261 e. The number of amides is 1. The van der Waals surface area contributed by atoms with Gasteiger partial charge in [0, 0.05) is 6.54 Å². The van der Waals surface area contributed by atoms with Crippen LogP contribution in [0.25, 0.3) is 0 Å². The highest BCUT2D eigenvalue weighted by Crippen LogP contribution is 2.13. The van der Waals surface area contributed by atoms with Crippen molar-refractivity contribution in [1.82, 2.24) is 5.32 Å². The zero-order chi connectivity index (χ0) is 15.2. The van der Waals surface area contributed by atoms with Crippen LogP contribution in [0.5, 0.6) is 5.75 Å². The van der Waals surface area contributed by atoms with E-state index in [9.17, 15) is 9.18 Å². The fourth-order valence-corrected chi connectivity index (χ4v) is 1.81. The van der Waals surface area contributed by atoms with Gasteiger partial charge in [-0.15, -0.1) is 0 Å². The highest BCUT2D eigenvalue weighted by molar-refractivity contribution is 5.80. The molecular formula is C17H18FNO2. The van der Waals surface area contributed by atoms with Crippen molar-refractivity contribution in [1.29, 1.82) is 0 Å². The third-order valence-corrected chi connectivity index (χ3v) is 3.08. The van der Waals surface area contributed by atoms with Gasteiger partial charge in [0.2, 0.25) is 0 Å². The van der Waals surface area contributed by atoms with E-state index in [-0.39, 0.29) is 11.7 Å². The second kappa shape index (κ2) is 6.88. The third kappa shape index (κ3) is 4.60. The summed E-state index contributed by atoms with van der Waals surface area (Å²) in [5.41, 5.74) is 1.98. The molecule has 0 bridgehead atoms. The summed E-state index contributed by atoms with van der Waals surface area (Å²) in [5.74, 6) is 0.158. The van der Waals surface area contributed by atoms with E-state index < -0.39 is 6.10 Å². The summed E-state index contributed by atoms with van der Waals surface area (Å²) >= 11 is 0. The monoisotopic (exact) mass is 287 g/mol. The molecule has 110 valence electrons. The summed E-state index contributed by atoms with van der Waals surface area (Å²) in [7, 11) is 0. The van der Waals surface area contributed by atoms with E-state index in [0.29, 0.717) is 12.3 Å². The number of hydrogen-bond acceptors (Lipinski definition) is 2. The fourth-order valence-electron chi connectivity index (χ4n) is 1.81. The second-order valence-electron chi connectivity index (χ2n) is 4.92. The summed E-state index contributed by atoms with van der Waals surface area (Å²) in [5, 5.41) is 2.76. The standard InChI is InChI=1S/C17H18FNO2/c1-12-3-9-16(10-4-12)21-13(2)17(20)19-11-14-5-7-15(18)8-6-14/h3-10,13H,11H2,1-2H3,(H,19,20). The SMILES string of the molecule is Cc1ccc(OC(C)C(=O)NCc2ccc(F)cc2)cc1. The largest absolute Gasteiger partial charge is 0.481 e. The number of carbonyl (C=O) groups is 1. The first-order valence-corrected chi connectivity index (χ1v) is 6.80. The van der Waals surface area contributed by atoms with Gasteiger partial charge in [-0.3, -0.25) is 4.79 Å². The van der Waals surface area contributed by atoms with Gasteiger partial charge in [0.05, 0.1) is 0 Å². The van der Waals surface area contributed by atoms with Crippen LogP contribution in [0.15, 0.2) is 48.5 Å². The molecule has 4 heteroatoms. The van der Waals surface area contributed by atoms with Crippen molar-refractivity contribution in [3.63, 3.8) is 0 Å².